The Labute approximate surface area is 71.5 Å². The van der Waals surface area contributed by atoms with E-state index in [1.807, 2.05) is 0 Å². The molecular weight excluding hydrogens is 336 g/mol. The summed E-state index contributed by atoms with van der Waals surface area (Å²) in [6, 6.07) is 2.03. The van der Waals surface area contributed by atoms with E-state index in [9.17, 15) is 8.78 Å². The first kappa shape index (κ1) is 7.87. The molecule has 1 aromatic rings. The summed E-state index contributed by atoms with van der Waals surface area (Å²) in [5.74, 6) is -1.98. The Bertz CT molecular complexity index is 235. The van der Waals surface area contributed by atoms with E-state index in [0.29, 0.717) is 0 Å². The van der Waals surface area contributed by atoms with Crippen molar-refractivity contribution in [1.82, 2.24) is 0 Å². The van der Waals surface area contributed by atoms with Crippen molar-refractivity contribution in [2.75, 3.05) is 0 Å². The number of rotatable bonds is 0. The Balaban J connectivity index is 3.34. The standard InChI is InChI=1S/C6H3AtF2O/c7-5-3(8)1-2-4(10)6(5)9/h1-2,10H. The maximum atomic E-state index is 12.5. The summed E-state index contributed by atoms with van der Waals surface area (Å²) in [5.41, 5.74) is 0. The van der Waals surface area contributed by atoms with Gasteiger partial charge in [-0.3, -0.25) is 0 Å². The quantitative estimate of drug-likeness (QED) is 0.743. The van der Waals surface area contributed by atoms with Crippen molar-refractivity contribution in [3.63, 3.8) is 0 Å². The number of phenolic OH excluding ortho intramolecular Hbond substituents is 1. The third kappa shape index (κ3) is 1.26. The normalized spacial score (nSPS) is 9.90. The predicted octanol–water partition coefficient (Wildman–Crippen LogP) is 0.845. The Kier molecular flexibility index (Phi) is 2.19. The van der Waals surface area contributed by atoms with Crippen LogP contribution in [0.2, 0.25) is 0 Å². The van der Waals surface area contributed by atoms with E-state index < -0.39 is 17.4 Å². The molecule has 0 aliphatic rings. The Morgan fingerprint density at radius 3 is 2.40 bits per heavy atom. The van der Waals surface area contributed by atoms with Crippen molar-refractivity contribution in [3.8, 4) is 5.75 Å². The van der Waals surface area contributed by atoms with Crippen molar-refractivity contribution in [1.29, 1.82) is 0 Å². The molecule has 1 rings (SSSR count). The minimum absolute atomic E-state index is 0.0972. The molecule has 0 unspecified atom stereocenters. The Morgan fingerprint density at radius 1 is 1.30 bits per heavy atom. The average molecular weight is 339 g/mol. The van der Waals surface area contributed by atoms with Gasteiger partial charge in [-0.05, 0) is 0 Å². The molecule has 0 saturated heterocycles. The molecule has 1 aromatic carbocycles. The van der Waals surface area contributed by atoms with Crippen molar-refractivity contribution >= 4 is 3.27 Å². The first-order valence-corrected chi connectivity index (χ1v) is 3.92. The molecule has 0 amide bonds. The van der Waals surface area contributed by atoms with E-state index in [1.165, 1.54) is 0 Å². The number of phenols is 1. The van der Waals surface area contributed by atoms with Gasteiger partial charge in [-0.15, -0.1) is 0 Å². The van der Waals surface area contributed by atoms with Crippen LogP contribution in [0, 0.1) is 36.4 Å². The summed E-state index contributed by atoms with van der Waals surface area (Å²) in [5, 5.41) is 8.69. The molecule has 0 aromatic heterocycles. The SMILES string of the molecule is Oc1ccc(F)c([At])c1F. The number of hydrogen-bond donors (Lipinski definition) is 1. The van der Waals surface area contributed by atoms with Gasteiger partial charge in [0.05, 0.1) is 0 Å². The summed E-state index contributed by atoms with van der Waals surface area (Å²) < 4.78 is 24.8. The van der Waals surface area contributed by atoms with E-state index in [0.717, 1.165) is 36.9 Å². The summed E-state index contributed by atoms with van der Waals surface area (Å²) in [4.78, 5) is 0. The van der Waals surface area contributed by atoms with Gasteiger partial charge in [0.2, 0.25) is 0 Å². The second kappa shape index (κ2) is 2.79. The zero-order valence-electron chi connectivity index (χ0n) is 4.74. The number of benzene rings is 1. The fraction of sp³-hybridized carbons (Fsp3) is 0. The Hall–Kier alpha value is -0.237. The van der Waals surface area contributed by atoms with Crippen LogP contribution < -0.4 is 3.27 Å². The van der Waals surface area contributed by atoms with Crippen LogP contribution in [0.4, 0.5) is 8.78 Å². The fourth-order valence-electron chi connectivity index (χ4n) is 0.516. The van der Waals surface area contributed by atoms with Gasteiger partial charge in [-0.1, -0.05) is 0 Å². The number of halogens is 2. The van der Waals surface area contributed by atoms with Crippen LogP contribution in [-0.2, 0) is 0 Å². The molecule has 54 valence electrons. The number of hydrogen-bond acceptors (Lipinski definition) is 1. The molecular formula is C6H3AtF2O. The van der Waals surface area contributed by atoms with E-state index in [2.05, 4.69) is 0 Å². The molecule has 1 nitrogen and oxygen atoms in total. The van der Waals surface area contributed by atoms with E-state index in [4.69, 9.17) is 5.11 Å². The predicted molar refractivity (Wildman–Crippen MR) is 27.7 cm³/mol. The van der Waals surface area contributed by atoms with Gasteiger partial charge in [-0.25, -0.2) is 0 Å². The summed E-state index contributed by atoms with van der Waals surface area (Å²) in [6.07, 6.45) is 0. The third-order valence-corrected chi connectivity index (χ3v) is 2.36. The van der Waals surface area contributed by atoms with Crippen molar-refractivity contribution in [2.45, 2.75) is 0 Å². The summed E-state index contributed by atoms with van der Waals surface area (Å²) >= 11 is 0.868. The molecule has 0 spiro atoms. The van der Waals surface area contributed by atoms with Crippen LogP contribution in [-0.4, -0.2) is 5.11 Å². The van der Waals surface area contributed by atoms with Crippen LogP contribution in [0.1, 0.15) is 0 Å². The molecule has 0 radical (unpaired) electrons. The van der Waals surface area contributed by atoms with E-state index >= 15 is 0 Å². The van der Waals surface area contributed by atoms with Crippen molar-refractivity contribution in [3.05, 3.63) is 23.8 Å². The van der Waals surface area contributed by atoms with Gasteiger partial charge in [0.25, 0.3) is 0 Å². The molecule has 0 atom stereocenters. The molecule has 0 heterocycles. The van der Waals surface area contributed by atoms with Crippen LogP contribution in [0.15, 0.2) is 12.1 Å². The first-order chi connectivity index (χ1) is 4.63. The van der Waals surface area contributed by atoms with Crippen LogP contribution in [0.5, 0.6) is 5.75 Å². The number of aromatic hydroxyl groups is 1. The van der Waals surface area contributed by atoms with Crippen LogP contribution in [0.3, 0.4) is 0 Å². The van der Waals surface area contributed by atoms with Crippen molar-refractivity contribution < 1.29 is 38.6 Å². The van der Waals surface area contributed by atoms with Gasteiger partial charge in [0.15, 0.2) is 0 Å². The van der Waals surface area contributed by atoms with Gasteiger partial charge < -0.3 is 0 Å². The molecule has 4 heteroatoms. The van der Waals surface area contributed by atoms with Gasteiger partial charge in [-0.2, -0.15) is 0 Å². The van der Waals surface area contributed by atoms with Gasteiger partial charge in [0, 0.05) is 0 Å². The molecule has 1 N–H and O–H groups in total. The topological polar surface area (TPSA) is 20.2 Å². The van der Waals surface area contributed by atoms with Gasteiger partial charge in [0.1, 0.15) is 0 Å². The summed E-state index contributed by atoms with van der Waals surface area (Å²) in [7, 11) is 0. The molecule has 0 fully saturated rings. The minimum atomic E-state index is -0.864. The first-order valence-electron chi connectivity index (χ1n) is 2.45. The monoisotopic (exact) mass is 339 g/mol. The van der Waals surface area contributed by atoms with Gasteiger partial charge >= 0.3 is 71.4 Å². The average Bonchev–Trinajstić information content (AvgIpc) is 1.93. The maximum absolute atomic E-state index is 12.5. The Morgan fingerprint density at radius 2 is 1.90 bits per heavy atom. The molecule has 0 aliphatic heterocycles. The van der Waals surface area contributed by atoms with Crippen LogP contribution >= 0.6 is 0 Å². The molecule has 10 heavy (non-hydrogen) atoms. The molecule has 0 saturated carbocycles. The van der Waals surface area contributed by atoms with Crippen LogP contribution in [0.25, 0.3) is 0 Å². The van der Waals surface area contributed by atoms with Crippen molar-refractivity contribution in [2.24, 2.45) is 0 Å². The zero-order valence-corrected chi connectivity index (χ0v) is 7.67. The van der Waals surface area contributed by atoms with E-state index in [-0.39, 0.29) is 3.27 Å². The third-order valence-electron chi connectivity index (χ3n) is 1.01. The molecule has 0 aliphatic carbocycles. The second-order valence-corrected chi connectivity index (χ2v) is 3.16. The molecule has 0 bridgehead atoms. The van der Waals surface area contributed by atoms with E-state index in [1.54, 1.807) is 0 Å². The summed E-state index contributed by atoms with van der Waals surface area (Å²) in [6.45, 7) is 0. The zero-order chi connectivity index (χ0) is 7.72. The fourth-order valence-corrected chi connectivity index (χ4v) is 1.14. The second-order valence-electron chi connectivity index (χ2n) is 1.69.